The fraction of sp³-hybridized carbons (Fsp3) is 0.357. The summed E-state index contributed by atoms with van der Waals surface area (Å²) in [5.41, 5.74) is 0.975. The van der Waals surface area contributed by atoms with E-state index in [-0.39, 0.29) is 29.7 Å². The third-order valence-corrected chi connectivity index (χ3v) is 3.01. The van der Waals surface area contributed by atoms with Crippen LogP contribution in [0.2, 0.25) is 0 Å². The molecule has 4 N–H and O–H groups in total. The summed E-state index contributed by atoms with van der Waals surface area (Å²) in [6.45, 7) is 1.62. The number of hydrogen-bond donors (Lipinski definition) is 4. The molecule has 1 aromatic carbocycles. The van der Waals surface area contributed by atoms with Crippen LogP contribution in [0, 0.1) is 6.92 Å². The van der Waals surface area contributed by atoms with Crippen molar-refractivity contribution in [2.75, 3.05) is 11.9 Å². The van der Waals surface area contributed by atoms with E-state index in [0.717, 1.165) is 18.4 Å². The number of aryl methyl sites for hydroxylation is 1. The van der Waals surface area contributed by atoms with Crippen molar-refractivity contribution >= 4 is 23.6 Å². The average Bonchev–Trinajstić information content (AvgIpc) is 3.22. The topological polar surface area (TPSA) is 108 Å². The first-order valence-corrected chi connectivity index (χ1v) is 6.64. The van der Waals surface area contributed by atoms with E-state index >= 15 is 0 Å². The van der Waals surface area contributed by atoms with Gasteiger partial charge in [-0.05, 0) is 31.9 Å². The quantitative estimate of drug-likeness (QED) is 0.651. The highest BCUT2D eigenvalue weighted by atomic mass is 16.4. The van der Waals surface area contributed by atoms with Crippen LogP contribution in [0.1, 0.15) is 28.8 Å². The molecule has 2 rings (SSSR count). The molecule has 0 unspecified atom stereocenters. The molecule has 0 saturated heterocycles. The lowest BCUT2D eigenvalue weighted by molar-refractivity contribution is -0.120. The highest BCUT2D eigenvalue weighted by molar-refractivity contribution is 6.00. The molecule has 0 heterocycles. The molecular formula is C14H17N3O4. The zero-order chi connectivity index (χ0) is 15.4. The maximum absolute atomic E-state index is 11.7. The van der Waals surface area contributed by atoms with Gasteiger partial charge >= 0.3 is 12.0 Å². The molecule has 0 aliphatic heterocycles. The number of rotatable bonds is 5. The smallest absolute Gasteiger partial charge is 0.337 e. The minimum Gasteiger partial charge on any atom is -0.478 e. The van der Waals surface area contributed by atoms with Gasteiger partial charge in [-0.3, -0.25) is 4.79 Å². The van der Waals surface area contributed by atoms with Crippen LogP contribution in [0.15, 0.2) is 18.2 Å². The number of aromatic carboxylic acids is 1. The Bertz CT molecular complexity index is 582. The number of hydrogen-bond acceptors (Lipinski definition) is 3. The highest BCUT2D eigenvalue weighted by Gasteiger charge is 2.23. The number of carbonyl (C=O) groups is 3. The van der Waals surface area contributed by atoms with E-state index in [0.29, 0.717) is 0 Å². The molecule has 0 aromatic heterocycles. The lowest BCUT2D eigenvalue weighted by Gasteiger charge is -2.10. The van der Waals surface area contributed by atoms with Crippen molar-refractivity contribution in [3.63, 3.8) is 0 Å². The Labute approximate surface area is 121 Å². The lowest BCUT2D eigenvalue weighted by Crippen LogP contribution is -2.39. The van der Waals surface area contributed by atoms with Crippen molar-refractivity contribution in [1.82, 2.24) is 10.6 Å². The first-order chi connectivity index (χ1) is 9.95. The van der Waals surface area contributed by atoms with Gasteiger partial charge < -0.3 is 21.1 Å². The summed E-state index contributed by atoms with van der Waals surface area (Å²) in [5, 5.41) is 16.6. The first kappa shape index (κ1) is 14.8. The fourth-order valence-electron chi connectivity index (χ4n) is 1.78. The van der Waals surface area contributed by atoms with Crippen LogP contribution in [0.25, 0.3) is 0 Å². The molecule has 0 bridgehead atoms. The standard InChI is InChI=1S/C14H17N3O4/c1-8-2-5-11(10(6-8)13(19)20)17-14(21)15-7-12(18)16-9-3-4-9/h2,5-6,9H,3-4,7H2,1H3,(H,16,18)(H,19,20)(H2,15,17,21). The highest BCUT2D eigenvalue weighted by Crippen LogP contribution is 2.18. The van der Waals surface area contributed by atoms with Gasteiger partial charge in [0.15, 0.2) is 0 Å². The normalized spacial score (nSPS) is 13.4. The molecular weight excluding hydrogens is 274 g/mol. The molecule has 112 valence electrons. The van der Waals surface area contributed by atoms with E-state index in [1.807, 2.05) is 0 Å². The Morgan fingerprint density at radius 3 is 2.62 bits per heavy atom. The van der Waals surface area contributed by atoms with E-state index in [2.05, 4.69) is 16.0 Å². The van der Waals surface area contributed by atoms with Gasteiger partial charge in [-0.15, -0.1) is 0 Å². The Morgan fingerprint density at radius 1 is 1.29 bits per heavy atom. The van der Waals surface area contributed by atoms with Crippen LogP contribution >= 0.6 is 0 Å². The van der Waals surface area contributed by atoms with Gasteiger partial charge in [0.05, 0.1) is 17.8 Å². The van der Waals surface area contributed by atoms with Crippen LogP contribution in [-0.4, -0.2) is 35.6 Å². The Morgan fingerprint density at radius 2 is 2.00 bits per heavy atom. The monoisotopic (exact) mass is 291 g/mol. The van der Waals surface area contributed by atoms with E-state index < -0.39 is 12.0 Å². The van der Waals surface area contributed by atoms with Gasteiger partial charge in [0, 0.05) is 6.04 Å². The van der Waals surface area contributed by atoms with Crippen LogP contribution in [-0.2, 0) is 4.79 Å². The number of anilines is 1. The first-order valence-electron chi connectivity index (χ1n) is 6.64. The van der Waals surface area contributed by atoms with Gasteiger partial charge in [-0.2, -0.15) is 0 Å². The molecule has 1 aliphatic rings. The van der Waals surface area contributed by atoms with E-state index in [9.17, 15) is 14.4 Å². The number of carboxylic acids is 1. The predicted octanol–water partition coefficient (Wildman–Crippen LogP) is 1.09. The number of amides is 3. The number of carboxylic acid groups (broad SMARTS) is 1. The van der Waals surface area contributed by atoms with Crippen LogP contribution in [0.3, 0.4) is 0 Å². The van der Waals surface area contributed by atoms with Gasteiger partial charge in [-0.25, -0.2) is 9.59 Å². The summed E-state index contributed by atoms with van der Waals surface area (Å²) >= 11 is 0. The Kier molecular flexibility index (Phi) is 4.42. The number of urea groups is 1. The fourth-order valence-corrected chi connectivity index (χ4v) is 1.78. The molecule has 0 spiro atoms. The third kappa shape index (κ3) is 4.48. The molecule has 1 aliphatic carbocycles. The predicted molar refractivity (Wildman–Crippen MR) is 76.3 cm³/mol. The number of carbonyl (C=O) groups excluding carboxylic acids is 2. The van der Waals surface area contributed by atoms with Gasteiger partial charge in [-0.1, -0.05) is 11.6 Å². The zero-order valence-electron chi connectivity index (χ0n) is 11.6. The summed E-state index contributed by atoms with van der Waals surface area (Å²) in [7, 11) is 0. The number of nitrogens with one attached hydrogen (secondary N) is 3. The van der Waals surface area contributed by atoms with Crippen molar-refractivity contribution in [2.24, 2.45) is 0 Å². The molecule has 3 amide bonds. The van der Waals surface area contributed by atoms with Crippen molar-refractivity contribution in [1.29, 1.82) is 0 Å². The molecule has 1 fully saturated rings. The van der Waals surface area contributed by atoms with Gasteiger partial charge in [0.1, 0.15) is 0 Å². The lowest BCUT2D eigenvalue weighted by atomic mass is 10.1. The molecule has 7 heteroatoms. The Balaban J connectivity index is 1.89. The van der Waals surface area contributed by atoms with Gasteiger partial charge in [0.25, 0.3) is 0 Å². The van der Waals surface area contributed by atoms with Crippen molar-refractivity contribution in [3.05, 3.63) is 29.3 Å². The zero-order valence-corrected chi connectivity index (χ0v) is 11.6. The van der Waals surface area contributed by atoms with Crippen molar-refractivity contribution in [2.45, 2.75) is 25.8 Å². The molecule has 1 aromatic rings. The minimum absolute atomic E-state index is 0.00702. The van der Waals surface area contributed by atoms with Crippen molar-refractivity contribution < 1.29 is 19.5 Å². The largest absolute Gasteiger partial charge is 0.478 e. The average molecular weight is 291 g/mol. The maximum atomic E-state index is 11.7. The summed E-state index contributed by atoms with van der Waals surface area (Å²) in [5.74, 6) is -1.38. The SMILES string of the molecule is Cc1ccc(NC(=O)NCC(=O)NC2CC2)c(C(=O)O)c1. The van der Waals surface area contributed by atoms with Crippen LogP contribution in [0.5, 0.6) is 0 Å². The molecule has 7 nitrogen and oxygen atoms in total. The second-order valence-electron chi connectivity index (χ2n) is 5.00. The molecule has 0 atom stereocenters. The van der Waals surface area contributed by atoms with E-state index in [4.69, 9.17) is 5.11 Å². The summed E-state index contributed by atoms with van der Waals surface area (Å²) in [6.07, 6.45) is 1.95. The second kappa shape index (κ2) is 6.25. The van der Waals surface area contributed by atoms with Gasteiger partial charge in [0.2, 0.25) is 5.91 Å². The van der Waals surface area contributed by atoms with E-state index in [1.54, 1.807) is 13.0 Å². The minimum atomic E-state index is -1.12. The molecule has 1 saturated carbocycles. The van der Waals surface area contributed by atoms with Crippen molar-refractivity contribution in [3.8, 4) is 0 Å². The maximum Gasteiger partial charge on any atom is 0.337 e. The van der Waals surface area contributed by atoms with Crippen LogP contribution < -0.4 is 16.0 Å². The summed E-state index contributed by atoms with van der Waals surface area (Å²) in [6, 6.07) is 4.30. The van der Waals surface area contributed by atoms with Crippen LogP contribution in [0.4, 0.5) is 10.5 Å². The summed E-state index contributed by atoms with van der Waals surface area (Å²) in [4.78, 5) is 34.2. The molecule has 0 radical (unpaired) electrons. The summed E-state index contributed by atoms with van der Waals surface area (Å²) < 4.78 is 0. The molecule has 21 heavy (non-hydrogen) atoms. The third-order valence-electron chi connectivity index (χ3n) is 3.01. The second-order valence-corrected chi connectivity index (χ2v) is 5.00. The van der Waals surface area contributed by atoms with E-state index in [1.165, 1.54) is 12.1 Å². The number of benzene rings is 1. The Hall–Kier alpha value is -2.57.